The van der Waals surface area contributed by atoms with Crippen molar-refractivity contribution in [2.75, 3.05) is 13.2 Å². The van der Waals surface area contributed by atoms with Crippen LogP contribution in [0.2, 0.25) is 0 Å². The Morgan fingerprint density at radius 3 is 1.26 bits per heavy atom. The summed E-state index contributed by atoms with van der Waals surface area (Å²) >= 11 is 0. The van der Waals surface area contributed by atoms with Crippen LogP contribution in [0.25, 0.3) is 0 Å². The van der Waals surface area contributed by atoms with E-state index in [-0.39, 0.29) is 13.0 Å². The zero-order valence-corrected chi connectivity index (χ0v) is 22.8. The molecule has 0 aromatic heterocycles. The van der Waals surface area contributed by atoms with E-state index in [1.54, 1.807) is 0 Å². The van der Waals surface area contributed by atoms with Crippen molar-refractivity contribution < 1.29 is 80.2 Å². The van der Waals surface area contributed by atoms with Crippen LogP contribution in [0.4, 0.5) is 65.9 Å². The fourth-order valence-electron chi connectivity index (χ4n) is 3.55. The van der Waals surface area contributed by atoms with Gasteiger partial charge in [0, 0.05) is 0 Å². The van der Waals surface area contributed by atoms with E-state index in [4.69, 9.17) is 0 Å². The molecule has 0 saturated heterocycles. The normalized spacial score (nSPS) is 14.1. The monoisotopic (exact) mass is 667 g/mol. The molecule has 0 aliphatic rings. The van der Waals surface area contributed by atoms with E-state index >= 15 is 0 Å². The summed E-state index contributed by atoms with van der Waals surface area (Å²) in [5.41, 5.74) is 0. The third-order valence-electron chi connectivity index (χ3n) is 6.27. The minimum atomic E-state index is -8.50. The minimum Gasteiger partial charge on any atom is -0.464 e. The predicted octanol–water partition coefficient (Wildman–Crippen LogP) is 8.72. The molecule has 0 unspecified atom stereocenters. The second kappa shape index (κ2) is 15.8. The lowest BCUT2D eigenvalue weighted by molar-refractivity contribution is -0.449. The molecular formula is C24H32F15NO3. The lowest BCUT2D eigenvalue weighted by Crippen LogP contribution is -2.74. The number of amides is 1. The van der Waals surface area contributed by atoms with Gasteiger partial charge in [0.2, 0.25) is 0 Å². The number of halogens is 15. The van der Waals surface area contributed by atoms with E-state index < -0.39 is 60.1 Å². The molecule has 0 bridgehead atoms. The van der Waals surface area contributed by atoms with Gasteiger partial charge in [-0.3, -0.25) is 9.59 Å². The molecule has 4 nitrogen and oxygen atoms in total. The Bertz CT molecular complexity index is 877. The number of nitrogens with one attached hydrogen (secondary N) is 1. The lowest BCUT2D eigenvalue weighted by atomic mass is 9.91. The van der Waals surface area contributed by atoms with E-state index in [2.05, 4.69) is 11.7 Å². The minimum absolute atomic E-state index is 0.225. The summed E-state index contributed by atoms with van der Waals surface area (Å²) < 4.78 is 202. The largest absolute Gasteiger partial charge is 0.464 e. The van der Waals surface area contributed by atoms with Crippen LogP contribution in [0.15, 0.2) is 0 Å². The van der Waals surface area contributed by atoms with Crippen molar-refractivity contribution in [3.8, 4) is 0 Å². The van der Waals surface area contributed by atoms with Crippen molar-refractivity contribution in [1.29, 1.82) is 0 Å². The van der Waals surface area contributed by atoms with Crippen molar-refractivity contribution >= 4 is 11.9 Å². The average Bonchev–Trinajstić information content (AvgIpc) is 2.88. The van der Waals surface area contributed by atoms with Gasteiger partial charge in [-0.2, -0.15) is 65.9 Å². The lowest BCUT2D eigenvalue weighted by Gasteiger charge is -2.41. The third kappa shape index (κ3) is 9.44. The molecule has 0 saturated carbocycles. The highest BCUT2D eigenvalue weighted by Crippen LogP contribution is 2.62. The first-order valence-corrected chi connectivity index (χ1v) is 13.1. The molecular weight excluding hydrogens is 635 g/mol. The van der Waals surface area contributed by atoms with Crippen molar-refractivity contribution in [3.63, 3.8) is 0 Å². The summed E-state index contributed by atoms with van der Waals surface area (Å²) in [4.78, 5) is 22.8. The fourth-order valence-corrected chi connectivity index (χ4v) is 3.55. The molecule has 0 aliphatic carbocycles. The molecule has 0 aromatic rings. The SMILES string of the molecule is CCCCCCCCCCCCCCOC(=O)CNC(=O)C(F)(F)C(F)(F)C(F)(F)C(F)(F)C(F)(F)C(F)(F)C(F)(F)F. The zero-order chi connectivity index (χ0) is 34.0. The molecule has 0 rings (SSSR count). The molecule has 0 atom stereocenters. The van der Waals surface area contributed by atoms with Crippen LogP contribution in [0.3, 0.4) is 0 Å². The summed E-state index contributed by atoms with van der Waals surface area (Å²) in [6, 6.07) is 0. The van der Waals surface area contributed by atoms with Crippen molar-refractivity contribution in [1.82, 2.24) is 5.32 Å². The van der Waals surface area contributed by atoms with Gasteiger partial charge in [-0.25, -0.2) is 0 Å². The number of unbranched alkanes of at least 4 members (excludes halogenated alkanes) is 11. The number of hydrogen-bond acceptors (Lipinski definition) is 3. The summed E-state index contributed by atoms with van der Waals surface area (Å²) in [5.74, 6) is -53.8. The van der Waals surface area contributed by atoms with Gasteiger partial charge >= 0.3 is 47.7 Å². The Morgan fingerprint density at radius 2 is 0.860 bits per heavy atom. The number of hydrogen-bond donors (Lipinski definition) is 1. The first kappa shape index (κ1) is 40.9. The number of ether oxygens (including phenoxy) is 1. The third-order valence-corrected chi connectivity index (χ3v) is 6.27. The second-order valence-electron chi connectivity index (χ2n) is 9.74. The van der Waals surface area contributed by atoms with E-state index in [0.717, 1.165) is 51.4 Å². The van der Waals surface area contributed by atoms with Crippen molar-refractivity contribution in [2.45, 2.75) is 126 Å². The zero-order valence-electron chi connectivity index (χ0n) is 22.8. The van der Waals surface area contributed by atoms with Gasteiger partial charge in [-0.15, -0.1) is 0 Å². The van der Waals surface area contributed by atoms with E-state index in [0.29, 0.717) is 11.7 Å². The van der Waals surface area contributed by atoms with Gasteiger partial charge in [0.1, 0.15) is 6.54 Å². The van der Waals surface area contributed by atoms with E-state index in [9.17, 15) is 75.4 Å². The molecule has 0 spiro atoms. The highest BCUT2D eigenvalue weighted by atomic mass is 19.4. The number of carbonyl (C=O) groups excluding carboxylic acids is 2. The van der Waals surface area contributed by atoms with Gasteiger partial charge in [-0.05, 0) is 6.42 Å². The van der Waals surface area contributed by atoms with Crippen LogP contribution >= 0.6 is 0 Å². The molecule has 0 fully saturated rings. The smallest absolute Gasteiger partial charge is 0.460 e. The molecule has 1 amide bonds. The summed E-state index contributed by atoms with van der Waals surface area (Å²) in [6.45, 7) is -0.00566. The van der Waals surface area contributed by atoms with Crippen LogP contribution < -0.4 is 5.32 Å². The van der Waals surface area contributed by atoms with Gasteiger partial charge in [-0.1, -0.05) is 77.6 Å². The van der Waals surface area contributed by atoms with Crippen molar-refractivity contribution in [2.24, 2.45) is 0 Å². The maximum atomic E-state index is 13.8. The van der Waals surface area contributed by atoms with Crippen LogP contribution in [-0.4, -0.2) is 66.7 Å². The molecule has 256 valence electrons. The summed E-state index contributed by atoms with van der Waals surface area (Å²) in [7, 11) is 0. The number of rotatable bonds is 21. The maximum absolute atomic E-state index is 13.8. The van der Waals surface area contributed by atoms with Crippen LogP contribution in [0.1, 0.15) is 84.0 Å². The number of alkyl halides is 15. The molecule has 19 heteroatoms. The molecule has 0 heterocycles. The predicted molar refractivity (Wildman–Crippen MR) is 121 cm³/mol. The highest BCUT2D eigenvalue weighted by molar-refractivity contribution is 5.88. The Morgan fingerprint density at radius 1 is 0.512 bits per heavy atom. The number of carbonyl (C=O) groups is 2. The quantitative estimate of drug-likeness (QED) is 0.0757. The Hall–Kier alpha value is -2.11. The topological polar surface area (TPSA) is 55.4 Å². The standard InChI is InChI=1S/C24H32F15NO3/c1-2-3-4-5-6-7-8-9-10-11-12-13-14-43-16(41)15-40-17(42)18(25,26)19(27,28)20(29,30)21(31,32)22(33,34)23(35,36)24(37,38)39/h2-15H2,1H3,(H,40,42). The highest BCUT2D eigenvalue weighted by Gasteiger charge is 2.94. The average molecular weight is 667 g/mol. The van der Waals surface area contributed by atoms with Crippen LogP contribution in [0.5, 0.6) is 0 Å². The number of esters is 1. The first-order valence-electron chi connectivity index (χ1n) is 13.1. The molecule has 0 radical (unpaired) electrons. The van der Waals surface area contributed by atoms with Crippen molar-refractivity contribution in [3.05, 3.63) is 0 Å². The Labute approximate surface area is 237 Å². The van der Waals surface area contributed by atoms with Crippen LogP contribution in [0, 0.1) is 0 Å². The Balaban J connectivity index is 4.92. The maximum Gasteiger partial charge on any atom is 0.460 e. The first-order chi connectivity index (χ1) is 19.4. The molecule has 0 aliphatic heterocycles. The Kier molecular flexibility index (Phi) is 15.0. The summed E-state index contributed by atoms with van der Waals surface area (Å²) in [6.07, 6.45) is 3.46. The second-order valence-corrected chi connectivity index (χ2v) is 9.74. The molecule has 0 aromatic carbocycles. The van der Waals surface area contributed by atoms with E-state index in [1.165, 1.54) is 12.8 Å². The van der Waals surface area contributed by atoms with Gasteiger partial charge in [0.05, 0.1) is 6.61 Å². The van der Waals surface area contributed by atoms with Gasteiger partial charge < -0.3 is 10.1 Å². The van der Waals surface area contributed by atoms with Crippen LogP contribution in [-0.2, 0) is 14.3 Å². The molecule has 1 N–H and O–H groups in total. The van der Waals surface area contributed by atoms with E-state index in [1.807, 2.05) is 0 Å². The summed E-state index contributed by atoms with van der Waals surface area (Å²) in [5, 5.41) is 0.605. The van der Waals surface area contributed by atoms with Gasteiger partial charge in [0.25, 0.3) is 5.91 Å². The van der Waals surface area contributed by atoms with Gasteiger partial charge in [0.15, 0.2) is 0 Å². The molecule has 43 heavy (non-hydrogen) atoms. The fraction of sp³-hybridized carbons (Fsp3) is 0.917.